The first kappa shape index (κ1) is 9.82. The normalized spacial score (nSPS) is 6.43. The van der Waals surface area contributed by atoms with Gasteiger partial charge in [0.2, 0.25) is 0 Å². The summed E-state index contributed by atoms with van der Waals surface area (Å²) >= 11 is 0. The predicted molar refractivity (Wildman–Crippen MR) is 15.7 cm³/mol. The second-order valence-corrected chi connectivity index (χ2v) is 0.844. The molecule has 3 nitrogen and oxygen atoms in total. The summed E-state index contributed by atoms with van der Waals surface area (Å²) in [5.41, 5.74) is 0. The summed E-state index contributed by atoms with van der Waals surface area (Å²) in [7, 11) is 0. The molecule has 0 spiro atoms. The van der Waals surface area contributed by atoms with Crippen molar-refractivity contribution in [1.29, 1.82) is 0 Å². The van der Waals surface area contributed by atoms with E-state index in [0.717, 1.165) is 6.92 Å². The topological polar surface area (TPSA) is 57.2 Å². The Morgan fingerprint density at radius 2 is 1.57 bits per heavy atom. The van der Waals surface area contributed by atoms with Crippen LogP contribution < -0.4 is 5.11 Å². The van der Waals surface area contributed by atoms with Crippen LogP contribution in [0.2, 0.25) is 0 Å². The van der Waals surface area contributed by atoms with Crippen LogP contribution in [0.3, 0.4) is 0 Å². The number of hydrogen-bond acceptors (Lipinski definition) is 3. The van der Waals surface area contributed by atoms with Crippen molar-refractivity contribution in [3.8, 4) is 0 Å². The summed E-state index contributed by atoms with van der Waals surface area (Å²) in [6.07, 6.45) is 0. The third-order valence-corrected chi connectivity index (χ3v) is 0.287. The molecule has 0 saturated carbocycles. The number of aliphatic carboxylic acids is 1. The third kappa shape index (κ3) is 5.66. The van der Waals surface area contributed by atoms with Crippen LogP contribution >= 0.6 is 0 Å². The van der Waals surface area contributed by atoms with Crippen LogP contribution in [0, 0.1) is 0 Å². The Bertz CT molecular complexity index is 76.2. The van der Waals surface area contributed by atoms with Gasteiger partial charge < -0.3 is 9.90 Å². The molecule has 4 heteroatoms. The largest absolute Gasteiger partial charge is 2.00 e. The first-order valence-corrected chi connectivity index (χ1v) is 1.36. The van der Waals surface area contributed by atoms with E-state index in [1.54, 1.807) is 0 Å². The molecule has 0 aliphatic heterocycles. The van der Waals surface area contributed by atoms with Gasteiger partial charge in [-0.25, -0.2) is 0 Å². The van der Waals surface area contributed by atoms with E-state index in [0.29, 0.717) is 0 Å². The average Bonchev–Trinajstić information content (AvgIpc) is 1.36. The van der Waals surface area contributed by atoms with Gasteiger partial charge in [0.15, 0.2) is 5.78 Å². The Kier molecular flexibility index (Phi) is 5.38. The molecule has 7 heavy (non-hydrogen) atoms. The molecule has 0 rings (SSSR count). The Balaban J connectivity index is 0. The average molecular weight is 151 g/mol. The number of carbonyl (C=O) groups is 2. The minimum absolute atomic E-state index is 0. The van der Waals surface area contributed by atoms with E-state index < -0.39 is 11.8 Å². The maximum atomic E-state index is 9.48. The van der Waals surface area contributed by atoms with Crippen molar-refractivity contribution in [3.63, 3.8) is 0 Å². The molecular weight excluding hydrogens is 148 g/mol. The van der Waals surface area contributed by atoms with Crippen molar-refractivity contribution in [1.82, 2.24) is 0 Å². The van der Waals surface area contributed by atoms with Gasteiger partial charge in [0.05, 0.1) is 0 Å². The van der Waals surface area contributed by atoms with Gasteiger partial charge in [-0.15, -0.1) is 0 Å². The van der Waals surface area contributed by atoms with Gasteiger partial charge in [-0.05, 0) is 0 Å². The SMILES string of the molecule is CC(=O)C(=O)[O-].[Cu+2]. The summed E-state index contributed by atoms with van der Waals surface area (Å²) in [5.74, 6) is -2.56. The van der Waals surface area contributed by atoms with Gasteiger partial charge in [0.1, 0.15) is 5.97 Å². The van der Waals surface area contributed by atoms with E-state index in [-0.39, 0.29) is 17.1 Å². The van der Waals surface area contributed by atoms with Crippen molar-refractivity contribution < 1.29 is 31.8 Å². The molecule has 0 unspecified atom stereocenters. The van der Waals surface area contributed by atoms with Gasteiger partial charge >= 0.3 is 17.1 Å². The van der Waals surface area contributed by atoms with Crippen molar-refractivity contribution in [2.45, 2.75) is 6.92 Å². The summed E-state index contributed by atoms with van der Waals surface area (Å²) in [4.78, 5) is 18.7. The molecule has 0 heterocycles. The fraction of sp³-hybridized carbons (Fsp3) is 0.333. The molecular formula is C3H3CuO3+. The molecule has 0 atom stereocenters. The van der Waals surface area contributed by atoms with E-state index >= 15 is 0 Å². The summed E-state index contributed by atoms with van der Waals surface area (Å²) in [6, 6.07) is 0. The number of rotatable bonds is 1. The van der Waals surface area contributed by atoms with E-state index in [1.807, 2.05) is 0 Å². The maximum Gasteiger partial charge on any atom is 2.00 e. The number of carboxylic acid groups (broad SMARTS) is 1. The molecule has 0 fully saturated rings. The van der Waals surface area contributed by atoms with Crippen LogP contribution in [0.1, 0.15) is 6.92 Å². The number of hydrogen-bond donors (Lipinski definition) is 0. The van der Waals surface area contributed by atoms with Crippen LogP contribution in [-0.4, -0.2) is 11.8 Å². The number of ketones is 1. The van der Waals surface area contributed by atoms with Crippen LogP contribution in [0.5, 0.6) is 0 Å². The zero-order valence-corrected chi connectivity index (χ0v) is 4.47. The van der Waals surface area contributed by atoms with Crippen molar-refractivity contribution in [3.05, 3.63) is 0 Å². The van der Waals surface area contributed by atoms with Crippen molar-refractivity contribution >= 4 is 11.8 Å². The number of carboxylic acids is 1. The molecule has 0 amide bonds. The van der Waals surface area contributed by atoms with Crippen LogP contribution in [0.25, 0.3) is 0 Å². The fourth-order valence-corrected chi connectivity index (χ4v) is 0. The van der Waals surface area contributed by atoms with Gasteiger partial charge in [0.25, 0.3) is 0 Å². The molecule has 0 aromatic heterocycles. The van der Waals surface area contributed by atoms with Crippen LogP contribution in [0.15, 0.2) is 0 Å². The second kappa shape index (κ2) is 3.84. The van der Waals surface area contributed by atoms with Crippen LogP contribution in [-0.2, 0) is 26.7 Å². The van der Waals surface area contributed by atoms with E-state index in [4.69, 9.17) is 0 Å². The molecule has 0 saturated heterocycles. The quantitative estimate of drug-likeness (QED) is 0.332. The summed E-state index contributed by atoms with van der Waals surface area (Å²) in [6.45, 7) is 0.940. The predicted octanol–water partition coefficient (Wildman–Crippen LogP) is -1.68. The molecule has 1 radical (unpaired) electrons. The van der Waals surface area contributed by atoms with E-state index in [1.165, 1.54) is 0 Å². The molecule has 0 aromatic carbocycles. The first-order chi connectivity index (χ1) is 2.64. The van der Waals surface area contributed by atoms with Crippen LogP contribution in [0.4, 0.5) is 0 Å². The Hall–Kier alpha value is -0.341. The van der Waals surface area contributed by atoms with Gasteiger partial charge in [-0.2, -0.15) is 0 Å². The molecule has 0 bridgehead atoms. The fourth-order valence-electron chi connectivity index (χ4n) is 0. The Labute approximate surface area is 51.2 Å². The summed E-state index contributed by atoms with van der Waals surface area (Å²) < 4.78 is 0. The van der Waals surface area contributed by atoms with Crippen molar-refractivity contribution in [2.24, 2.45) is 0 Å². The van der Waals surface area contributed by atoms with E-state index in [9.17, 15) is 14.7 Å². The second-order valence-electron chi connectivity index (χ2n) is 0.844. The van der Waals surface area contributed by atoms with Gasteiger partial charge in [-0.1, -0.05) is 0 Å². The van der Waals surface area contributed by atoms with Gasteiger partial charge in [-0.3, -0.25) is 4.79 Å². The number of carbonyl (C=O) groups excluding carboxylic acids is 2. The minimum atomic E-state index is -1.63. The van der Waals surface area contributed by atoms with Crippen molar-refractivity contribution in [2.75, 3.05) is 0 Å². The Morgan fingerprint density at radius 1 is 1.43 bits per heavy atom. The molecule has 0 aliphatic rings. The first-order valence-electron chi connectivity index (χ1n) is 1.36. The Morgan fingerprint density at radius 3 is 1.57 bits per heavy atom. The zero-order chi connectivity index (χ0) is 5.15. The van der Waals surface area contributed by atoms with Gasteiger partial charge in [0, 0.05) is 6.92 Å². The molecule has 0 N–H and O–H groups in total. The number of Topliss-reactive ketones (excluding diaryl/α,β-unsaturated/α-hetero) is 1. The molecule has 0 aromatic rings. The smallest absolute Gasteiger partial charge is 0.542 e. The van der Waals surface area contributed by atoms with E-state index in [2.05, 4.69) is 0 Å². The molecule has 0 aliphatic carbocycles. The minimum Gasteiger partial charge on any atom is -0.542 e. The summed E-state index contributed by atoms with van der Waals surface area (Å²) in [5, 5.41) is 9.24. The maximum absolute atomic E-state index is 9.48. The zero-order valence-electron chi connectivity index (χ0n) is 3.53. The molecule has 43 valence electrons. The third-order valence-electron chi connectivity index (χ3n) is 0.287. The standard InChI is InChI=1S/C3H4O3.Cu/c1-2(4)3(5)6;/h1H3,(H,5,6);/q;+2/p-1. The monoisotopic (exact) mass is 150 g/mol.